The van der Waals surface area contributed by atoms with E-state index in [-0.39, 0.29) is 24.4 Å². The number of carbonyl (C=O) groups is 1. The molecule has 1 aliphatic rings. The van der Waals surface area contributed by atoms with E-state index in [9.17, 15) is 4.79 Å². The Morgan fingerprint density at radius 1 is 1.12 bits per heavy atom. The maximum absolute atomic E-state index is 12.4. The third-order valence-electron chi connectivity index (χ3n) is 5.48. The van der Waals surface area contributed by atoms with E-state index in [0.29, 0.717) is 5.92 Å². The Morgan fingerprint density at radius 3 is 2.12 bits per heavy atom. The number of nitrogens with zero attached hydrogens (tertiary/aromatic N) is 1. The van der Waals surface area contributed by atoms with E-state index in [2.05, 4.69) is 49.9 Å². The second-order valence-corrected chi connectivity index (χ2v) is 7.63. The van der Waals surface area contributed by atoms with E-state index >= 15 is 0 Å². The van der Waals surface area contributed by atoms with Crippen LogP contribution in [0.5, 0.6) is 0 Å². The number of hydrogen-bond donors (Lipinski definition) is 1. The zero-order valence-electron chi connectivity index (χ0n) is 15.5. The molecule has 2 N–H and O–H groups in total. The third kappa shape index (κ3) is 4.52. The second-order valence-electron chi connectivity index (χ2n) is 7.63. The quantitative estimate of drug-likeness (QED) is 0.843. The summed E-state index contributed by atoms with van der Waals surface area (Å²) in [4.78, 5) is 14.8. The van der Waals surface area contributed by atoms with Gasteiger partial charge in [0.05, 0.1) is 5.41 Å². The van der Waals surface area contributed by atoms with Crippen LogP contribution in [0.25, 0.3) is 0 Å². The molecule has 136 valence electrons. The maximum Gasteiger partial charge on any atom is 0.229 e. The number of amides is 1. The summed E-state index contributed by atoms with van der Waals surface area (Å²) in [5, 5.41) is 0. The molecule has 1 unspecified atom stereocenters. The number of likely N-dealkylation sites (tertiary alicyclic amines) is 1. The number of halogens is 1. The van der Waals surface area contributed by atoms with Crippen molar-refractivity contribution in [3.8, 4) is 0 Å². The van der Waals surface area contributed by atoms with E-state index in [4.69, 9.17) is 5.73 Å². The summed E-state index contributed by atoms with van der Waals surface area (Å²) in [5.41, 5.74) is 7.58. The Labute approximate surface area is 153 Å². The molecule has 0 spiro atoms. The fraction of sp³-hybridized carbons (Fsp3) is 0.650. The molecule has 0 radical (unpaired) electrons. The monoisotopic (exact) mass is 352 g/mol. The number of piperidine rings is 1. The molecule has 1 amide bonds. The van der Waals surface area contributed by atoms with Crippen LogP contribution in [0.3, 0.4) is 0 Å². The molecule has 2 rings (SSSR count). The molecule has 1 saturated heterocycles. The number of benzene rings is 1. The number of rotatable bonds is 6. The van der Waals surface area contributed by atoms with Gasteiger partial charge in [-0.1, -0.05) is 44.5 Å². The van der Waals surface area contributed by atoms with Crippen molar-refractivity contribution in [2.24, 2.45) is 11.7 Å². The SMILES string of the molecule is CC(C)Cc1ccc([C@](C)(C(N)=O)C(C)N2CCCCC2)cc1.Cl. The van der Waals surface area contributed by atoms with Crippen LogP contribution in [0.15, 0.2) is 24.3 Å². The molecule has 0 aromatic heterocycles. The summed E-state index contributed by atoms with van der Waals surface area (Å²) < 4.78 is 0. The first-order valence-corrected chi connectivity index (χ1v) is 8.99. The Kier molecular flexibility index (Phi) is 7.75. The van der Waals surface area contributed by atoms with Crippen LogP contribution in [0, 0.1) is 5.92 Å². The van der Waals surface area contributed by atoms with Crippen molar-refractivity contribution in [2.45, 2.75) is 64.8 Å². The van der Waals surface area contributed by atoms with Gasteiger partial charge >= 0.3 is 0 Å². The van der Waals surface area contributed by atoms with Crippen molar-refractivity contribution < 1.29 is 4.79 Å². The van der Waals surface area contributed by atoms with E-state index < -0.39 is 5.41 Å². The van der Waals surface area contributed by atoms with Gasteiger partial charge in [-0.25, -0.2) is 0 Å². The number of primary amides is 1. The van der Waals surface area contributed by atoms with Gasteiger partial charge in [0.15, 0.2) is 0 Å². The van der Waals surface area contributed by atoms with Crippen LogP contribution in [0.2, 0.25) is 0 Å². The van der Waals surface area contributed by atoms with Crippen LogP contribution in [0.4, 0.5) is 0 Å². The molecular formula is C20H33ClN2O. The normalized spacial score (nSPS) is 19.4. The minimum Gasteiger partial charge on any atom is -0.369 e. The van der Waals surface area contributed by atoms with Gasteiger partial charge in [-0.05, 0) is 63.2 Å². The predicted molar refractivity (Wildman–Crippen MR) is 104 cm³/mol. The summed E-state index contributed by atoms with van der Waals surface area (Å²) in [5.74, 6) is 0.405. The molecule has 0 saturated carbocycles. The lowest BCUT2D eigenvalue weighted by atomic mass is 9.74. The summed E-state index contributed by atoms with van der Waals surface area (Å²) in [6.07, 6.45) is 4.79. The zero-order valence-corrected chi connectivity index (χ0v) is 16.4. The first kappa shape index (κ1) is 21.0. The van der Waals surface area contributed by atoms with Crippen LogP contribution >= 0.6 is 12.4 Å². The average Bonchev–Trinajstić information content (AvgIpc) is 2.54. The molecule has 0 aliphatic carbocycles. The molecule has 1 aromatic rings. The van der Waals surface area contributed by atoms with Crippen molar-refractivity contribution in [1.29, 1.82) is 0 Å². The van der Waals surface area contributed by atoms with Crippen LogP contribution in [0.1, 0.15) is 58.1 Å². The van der Waals surface area contributed by atoms with Crippen LogP contribution < -0.4 is 5.73 Å². The predicted octanol–water partition coefficient (Wildman–Crippen LogP) is 3.92. The lowest BCUT2D eigenvalue weighted by molar-refractivity contribution is -0.125. The Hall–Kier alpha value is -1.06. The first-order chi connectivity index (χ1) is 10.9. The highest BCUT2D eigenvalue weighted by Crippen LogP contribution is 2.32. The van der Waals surface area contributed by atoms with Gasteiger partial charge in [0.25, 0.3) is 0 Å². The van der Waals surface area contributed by atoms with Gasteiger partial charge in [0.1, 0.15) is 0 Å². The van der Waals surface area contributed by atoms with Crippen molar-refractivity contribution in [1.82, 2.24) is 4.90 Å². The third-order valence-corrected chi connectivity index (χ3v) is 5.48. The fourth-order valence-corrected chi connectivity index (χ4v) is 3.72. The van der Waals surface area contributed by atoms with E-state index in [1.165, 1.54) is 24.8 Å². The lowest BCUT2D eigenvalue weighted by Gasteiger charge is -2.42. The maximum atomic E-state index is 12.4. The molecule has 0 bridgehead atoms. The topological polar surface area (TPSA) is 46.3 Å². The zero-order chi connectivity index (χ0) is 17.0. The lowest BCUT2D eigenvalue weighted by Crippen LogP contribution is -2.55. The van der Waals surface area contributed by atoms with Gasteiger partial charge in [-0.15, -0.1) is 12.4 Å². The summed E-state index contributed by atoms with van der Waals surface area (Å²) >= 11 is 0. The largest absolute Gasteiger partial charge is 0.369 e. The average molecular weight is 353 g/mol. The van der Waals surface area contributed by atoms with Crippen LogP contribution in [-0.2, 0) is 16.6 Å². The molecule has 1 fully saturated rings. The minimum absolute atomic E-state index is 0. The standard InChI is InChI=1S/C20H32N2O.ClH/c1-15(2)14-17-8-10-18(11-9-17)20(4,19(21)23)16(3)22-12-6-5-7-13-22;/h8-11,15-16H,5-7,12-14H2,1-4H3,(H2,21,23);1H/t16?,20-;/m1./s1. The summed E-state index contributed by atoms with van der Waals surface area (Å²) in [6, 6.07) is 8.63. The molecule has 1 heterocycles. The summed E-state index contributed by atoms with van der Waals surface area (Å²) in [6.45, 7) is 10.7. The smallest absolute Gasteiger partial charge is 0.229 e. The fourth-order valence-electron chi connectivity index (χ4n) is 3.72. The number of carbonyl (C=O) groups excluding carboxylic acids is 1. The Balaban J connectivity index is 0.00000288. The van der Waals surface area contributed by atoms with Crippen molar-refractivity contribution >= 4 is 18.3 Å². The molecule has 1 aliphatic heterocycles. The first-order valence-electron chi connectivity index (χ1n) is 8.99. The molecule has 2 atom stereocenters. The van der Waals surface area contributed by atoms with Crippen molar-refractivity contribution in [2.75, 3.05) is 13.1 Å². The van der Waals surface area contributed by atoms with Gasteiger partial charge in [-0.2, -0.15) is 0 Å². The highest BCUT2D eigenvalue weighted by atomic mass is 35.5. The number of nitrogens with two attached hydrogens (primary N) is 1. The van der Waals surface area contributed by atoms with Gasteiger partial charge < -0.3 is 5.73 Å². The number of hydrogen-bond acceptors (Lipinski definition) is 2. The van der Waals surface area contributed by atoms with Gasteiger partial charge in [-0.3, -0.25) is 9.69 Å². The minimum atomic E-state index is -0.645. The summed E-state index contributed by atoms with van der Waals surface area (Å²) in [7, 11) is 0. The van der Waals surface area contributed by atoms with E-state index in [1.54, 1.807) is 0 Å². The molecule has 1 aromatic carbocycles. The van der Waals surface area contributed by atoms with Gasteiger partial charge in [0, 0.05) is 6.04 Å². The Morgan fingerprint density at radius 2 is 1.67 bits per heavy atom. The molecule has 4 heteroatoms. The second kappa shape index (κ2) is 8.87. The molecular weight excluding hydrogens is 320 g/mol. The highest BCUT2D eigenvalue weighted by Gasteiger charge is 2.42. The highest BCUT2D eigenvalue weighted by molar-refractivity contribution is 5.87. The van der Waals surface area contributed by atoms with E-state index in [0.717, 1.165) is 25.1 Å². The molecule has 24 heavy (non-hydrogen) atoms. The van der Waals surface area contributed by atoms with Crippen LogP contribution in [-0.4, -0.2) is 29.9 Å². The molecule has 3 nitrogen and oxygen atoms in total. The Bertz CT molecular complexity index is 523. The van der Waals surface area contributed by atoms with Crippen molar-refractivity contribution in [3.63, 3.8) is 0 Å². The van der Waals surface area contributed by atoms with E-state index in [1.807, 2.05) is 6.92 Å². The van der Waals surface area contributed by atoms with Crippen molar-refractivity contribution in [3.05, 3.63) is 35.4 Å². The van der Waals surface area contributed by atoms with Gasteiger partial charge in [0.2, 0.25) is 5.91 Å².